The van der Waals surface area contributed by atoms with Crippen LogP contribution in [0.15, 0.2) is 27.8 Å². The molecule has 0 saturated carbocycles. The van der Waals surface area contributed by atoms with Crippen LogP contribution in [0.2, 0.25) is 0 Å². The monoisotopic (exact) mass is 343 g/mol. The highest BCUT2D eigenvalue weighted by Crippen LogP contribution is 2.26. The number of hydrogen-bond acceptors (Lipinski definition) is 4. The Morgan fingerprint density at radius 2 is 2.25 bits per heavy atom. The highest BCUT2D eigenvalue weighted by atomic mass is 79.9. The molecule has 0 radical (unpaired) electrons. The number of halogens is 1. The van der Waals surface area contributed by atoms with Crippen LogP contribution in [0.3, 0.4) is 0 Å². The topological polar surface area (TPSA) is 71.1 Å². The summed E-state index contributed by atoms with van der Waals surface area (Å²) in [6, 6.07) is 6.11. The molecular weight excluding hydrogens is 322 g/mol. The Kier molecular flexibility index (Phi) is 6.81. The van der Waals surface area contributed by atoms with Crippen LogP contribution < -0.4 is 10.6 Å². The Labute approximate surface area is 128 Å². The molecule has 0 bridgehead atoms. The van der Waals surface area contributed by atoms with E-state index in [2.05, 4.69) is 39.8 Å². The second-order valence-corrected chi connectivity index (χ2v) is 5.51. The normalized spacial score (nSPS) is 13.3. The molecule has 0 aliphatic heterocycles. The van der Waals surface area contributed by atoms with Crippen molar-refractivity contribution in [2.75, 3.05) is 25.2 Å². The van der Waals surface area contributed by atoms with Crippen LogP contribution in [-0.4, -0.2) is 37.3 Å². The fraction of sp³-hybridized carbons (Fsp3) is 0.500. The van der Waals surface area contributed by atoms with Gasteiger partial charge in [0.25, 0.3) is 0 Å². The number of benzene rings is 1. The van der Waals surface area contributed by atoms with Crippen molar-refractivity contribution < 1.29 is 9.94 Å². The van der Waals surface area contributed by atoms with Crippen molar-refractivity contribution in [3.63, 3.8) is 0 Å². The van der Waals surface area contributed by atoms with Crippen LogP contribution in [-0.2, 0) is 4.74 Å². The standard InChI is InChI=1S/C14H22BrN3O2/c1-4-10(2)18(7-8-20-3)13-6-5-11(15)9-12(13)14(16)17-19/h5-6,9-10,19H,4,7-8H2,1-3H3,(H2,16,17). The molecule has 3 N–H and O–H groups in total. The number of nitrogens with two attached hydrogens (primary N) is 1. The van der Waals surface area contributed by atoms with E-state index in [1.165, 1.54) is 0 Å². The van der Waals surface area contributed by atoms with E-state index < -0.39 is 0 Å². The Bertz CT molecular complexity index is 466. The summed E-state index contributed by atoms with van der Waals surface area (Å²) in [7, 11) is 1.68. The van der Waals surface area contributed by atoms with Gasteiger partial charge < -0.3 is 20.6 Å². The molecule has 0 amide bonds. The van der Waals surface area contributed by atoms with E-state index >= 15 is 0 Å². The maximum Gasteiger partial charge on any atom is 0.172 e. The number of methoxy groups -OCH3 is 1. The van der Waals surface area contributed by atoms with Gasteiger partial charge in [-0.15, -0.1) is 0 Å². The molecule has 6 heteroatoms. The van der Waals surface area contributed by atoms with Gasteiger partial charge in [-0.3, -0.25) is 0 Å². The first-order chi connectivity index (χ1) is 9.54. The number of anilines is 1. The highest BCUT2D eigenvalue weighted by molar-refractivity contribution is 9.10. The zero-order chi connectivity index (χ0) is 15.1. The summed E-state index contributed by atoms with van der Waals surface area (Å²) in [5.41, 5.74) is 7.44. The van der Waals surface area contributed by atoms with E-state index in [1.54, 1.807) is 7.11 Å². The molecule has 0 fully saturated rings. The van der Waals surface area contributed by atoms with Crippen molar-refractivity contribution in [3.8, 4) is 0 Å². The molecule has 112 valence electrons. The van der Waals surface area contributed by atoms with Gasteiger partial charge in [-0.05, 0) is 31.5 Å². The summed E-state index contributed by atoms with van der Waals surface area (Å²) in [5, 5.41) is 12.1. The summed E-state index contributed by atoms with van der Waals surface area (Å²) < 4.78 is 6.06. The quantitative estimate of drug-likeness (QED) is 0.345. The lowest BCUT2D eigenvalue weighted by Crippen LogP contribution is -2.37. The molecule has 5 nitrogen and oxygen atoms in total. The number of ether oxygens (including phenoxy) is 1. The van der Waals surface area contributed by atoms with Gasteiger partial charge in [0.15, 0.2) is 5.84 Å². The van der Waals surface area contributed by atoms with Gasteiger partial charge in [-0.25, -0.2) is 0 Å². The first-order valence-corrected chi connectivity index (χ1v) is 7.37. The molecule has 1 unspecified atom stereocenters. The minimum Gasteiger partial charge on any atom is -0.409 e. The predicted molar refractivity (Wildman–Crippen MR) is 85.6 cm³/mol. The second-order valence-electron chi connectivity index (χ2n) is 4.59. The first-order valence-electron chi connectivity index (χ1n) is 6.58. The lowest BCUT2D eigenvalue weighted by molar-refractivity contribution is 0.203. The highest BCUT2D eigenvalue weighted by Gasteiger charge is 2.18. The molecular formula is C14H22BrN3O2. The molecule has 0 saturated heterocycles. The number of oxime groups is 1. The lowest BCUT2D eigenvalue weighted by atomic mass is 10.1. The van der Waals surface area contributed by atoms with Crippen LogP contribution in [0.4, 0.5) is 5.69 Å². The first kappa shape index (κ1) is 16.8. The molecule has 1 rings (SSSR count). The van der Waals surface area contributed by atoms with Crippen LogP contribution >= 0.6 is 15.9 Å². The van der Waals surface area contributed by atoms with Crippen molar-refractivity contribution in [1.82, 2.24) is 0 Å². The molecule has 0 spiro atoms. The average molecular weight is 344 g/mol. The van der Waals surface area contributed by atoms with Gasteiger partial charge in [0.1, 0.15) is 0 Å². The molecule has 0 heterocycles. The van der Waals surface area contributed by atoms with Gasteiger partial charge in [-0.2, -0.15) is 0 Å². The minimum absolute atomic E-state index is 0.104. The summed E-state index contributed by atoms with van der Waals surface area (Å²) in [4.78, 5) is 2.21. The second kappa shape index (κ2) is 8.11. The van der Waals surface area contributed by atoms with Crippen LogP contribution in [0, 0.1) is 0 Å². The number of rotatable bonds is 7. The number of amidine groups is 1. The van der Waals surface area contributed by atoms with E-state index in [-0.39, 0.29) is 5.84 Å². The van der Waals surface area contributed by atoms with Crippen molar-refractivity contribution in [3.05, 3.63) is 28.2 Å². The van der Waals surface area contributed by atoms with Crippen molar-refractivity contribution in [2.24, 2.45) is 10.9 Å². The Balaban J connectivity index is 3.24. The third-order valence-electron chi connectivity index (χ3n) is 3.31. The molecule has 1 aromatic carbocycles. The largest absolute Gasteiger partial charge is 0.409 e. The maximum atomic E-state index is 8.96. The predicted octanol–water partition coefficient (Wildman–Crippen LogP) is 2.79. The SMILES string of the molecule is CCC(C)N(CCOC)c1ccc(Br)cc1/C(N)=N/O. The summed E-state index contributed by atoms with van der Waals surface area (Å²) in [6.45, 7) is 5.65. The van der Waals surface area contributed by atoms with Gasteiger partial charge in [0, 0.05) is 35.4 Å². The van der Waals surface area contributed by atoms with E-state index in [4.69, 9.17) is 15.7 Å². The maximum absolute atomic E-state index is 8.96. The Morgan fingerprint density at radius 3 is 2.80 bits per heavy atom. The molecule has 1 atom stereocenters. The average Bonchev–Trinajstić information content (AvgIpc) is 2.47. The smallest absolute Gasteiger partial charge is 0.172 e. The molecule has 0 aliphatic rings. The summed E-state index contributed by atoms with van der Waals surface area (Å²) in [6.07, 6.45) is 0.995. The van der Waals surface area contributed by atoms with Crippen molar-refractivity contribution >= 4 is 27.5 Å². The van der Waals surface area contributed by atoms with Crippen molar-refractivity contribution in [1.29, 1.82) is 0 Å². The molecule has 0 aromatic heterocycles. The minimum atomic E-state index is 0.104. The molecule has 20 heavy (non-hydrogen) atoms. The summed E-state index contributed by atoms with van der Waals surface area (Å²) >= 11 is 3.41. The van der Waals surface area contributed by atoms with Gasteiger partial charge in [-0.1, -0.05) is 28.0 Å². The van der Waals surface area contributed by atoms with E-state index in [0.29, 0.717) is 18.2 Å². The zero-order valence-corrected chi connectivity index (χ0v) is 13.7. The van der Waals surface area contributed by atoms with Gasteiger partial charge in [0.05, 0.1) is 6.61 Å². The molecule has 0 aliphatic carbocycles. The van der Waals surface area contributed by atoms with E-state index in [1.807, 2.05) is 18.2 Å². The zero-order valence-electron chi connectivity index (χ0n) is 12.1. The van der Waals surface area contributed by atoms with E-state index in [0.717, 1.165) is 23.1 Å². The van der Waals surface area contributed by atoms with Crippen LogP contribution in [0.1, 0.15) is 25.8 Å². The van der Waals surface area contributed by atoms with Gasteiger partial charge >= 0.3 is 0 Å². The lowest BCUT2D eigenvalue weighted by Gasteiger charge is -2.32. The van der Waals surface area contributed by atoms with E-state index in [9.17, 15) is 0 Å². The third kappa shape index (κ3) is 4.11. The molecule has 1 aromatic rings. The van der Waals surface area contributed by atoms with Crippen molar-refractivity contribution in [2.45, 2.75) is 26.3 Å². The fourth-order valence-electron chi connectivity index (χ4n) is 2.01. The Morgan fingerprint density at radius 1 is 1.55 bits per heavy atom. The van der Waals surface area contributed by atoms with Crippen LogP contribution in [0.25, 0.3) is 0 Å². The summed E-state index contributed by atoms with van der Waals surface area (Å²) in [5.74, 6) is 0.104. The van der Waals surface area contributed by atoms with Crippen LogP contribution in [0.5, 0.6) is 0 Å². The van der Waals surface area contributed by atoms with Gasteiger partial charge in [0.2, 0.25) is 0 Å². The number of nitrogens with zero attached hydrogens (tertiary/aromatic N) is 2. The number of hydrogen-bond donors (Lipinski definition) is 2. The third-order valence-corrected chi connectivity index (χ3v) is 3.80. The Hall–Kier alpha value is -1.27. The fourth-order valence-corrected chi connectivity index (χ4v) is 2.37.